The third kappa shape index (κ3) is 6.64. The second-order valence-electron chi connectivity index (χ2n) is 8.89. The third-order valence-corrected chi connectivity index (χ3v) is 7.48. The van der Waals surface area contributed by atoms with Crippen LogP contribution in [0.4, 0.5) is 5.13 Å². The number of thioether (sulfide) groups is 1. The molecule has 2 aromatic carbocycles. The van der Waals surface area contributed by atoms with Crippen molar-refractivity contribution in [1.29, 1.82) is 0 Å². The van der Waals surface area contributed by atoms with Gasteiger partial charge in [0.25, 0.3) is 5.91 Å². The molecule has 0 fully saturated rings. The molecule has 0 radical (unpaired) electrons. The Kier molecular flexibility index (Phi) is 8.73. The van der Waals surface area contributed by atoms with Gasteiger partial charge < -0.3 is 15.2 Å². The van der Waals surface area contributed by atoms with Crippen LogP contribution < -0.4 is 10.6 Å². The van der Waals surface area contributed by atoms with E-state index in [1.165, 1.54) is 28.7 Å². The fraction of sp³-hybridized carbons (Fsp3) is 0.296. The molecular weight excluding hydrogens is 504 g/mol. The van der Waals surface area contributed by atoms with Crippen LogP contribution in [-0.4, -0.2) is 37.3 Å². The van der Waals surface area contributed by atoms with E-state index in [9.17, 15) is 9.59 Å². The van der Waals surface area contributed by atoms with Crippen molar-refractivity contribution in [2.24, 2.45) is 5.92 Å². The first kappa shape index (κ1) is 26.6. The number of hydrogen-bond donors (Lipinski definition) is 2. The summed E-state index contributed by atoms with van der Waals surface area (Å²) in [6.07, 6.45) is 0. The maximum atomic E-state index is 12.8. The van der Waals surface area contributed by atoms with Crippen molar-refractivity contribution in [2.75, 3.05) is 11.1 Å². The molecule has 192 valence electrons. The summed E-state index contributed by atoms with van der Waals surface area (Å²) in [7, 11) is 0. The van der Waals surface area contributed by atoms with E-state index in [4.69, 9.17) is 0 Å². The van der Waals surface area contributed by atoms with Gasteiger partial charge in [-0.3, -0.25) is 9.59 Å². The van der Waals surface area contributed by atoms with Crippen molar-refractivity contribution in [3.63, 3.8) is 0 Å². The number of aromatic nitrogens is 4. The zero-order valence-corrected chi connectivity index (χ0v) is 22.9. The minimum absolute atomic E-state index is 0.0935. The summed E-state index contributed by atoms with van der Waals surface area (Å²) in [5, 5.41) is 17.8. The van der Waals surface area contributed by atoms with Crippen molar-refractivity contribution >= 4 is 40.0 Å². The molecule has 0 aliphatic carbocycles. The number of nitrogens with zero attached hydrogens (tertiary/aromatic N) is 4. The van der Waals surface area contributed by atoms with Gasteiger partial charge in [-0.1, -0.05) is 73.6 Å². The molecule has 1 atom stereocenters. The number of hydrogen-bond acceptors (Lipinski definition) is 7. The van der Waals surface area contributed by atoms with Gasteiger partial charge in [0.15, 0.2) is 16.1 Å². The Labute approximate surface area is 224 Å². The molecule has 4 aromatic rings. The predicted octanol–water partition coefficient (Wildman–Crippen LogP) is 5.59. The fourth-order valence-corrected chi connectivity index (χ4v) is 5.30. The average molecular weight is 535 g/mol. The Morgan fingerprint density at radius 1 is 1.05 bits per heavy atom. The summed E-state index contributed by atoms with van der Waals surface area (Å²) in [6.45, 7) is 8.71. The van der Waals surface area contributed by atoms with Crippen molar-refractivity contribution in [3.8, 4) is 11.3 Å². The van der Waals surface area contributed by atoms with Crippen LogP contribution in [0.15, 0.2) is 65.1 Å². The molecule has 0 bridgehead atoms. The molecule has 2 aromatic heterocycles. The van der Waals surface area contributed by atoms with Gasteiger partial charge in [0, 0.05) is 23.1 Å². The number of amides is 2. The topological polar surface area (TPSA) is 102 Å². The predicted molar refractivity (Wildman–Crippen MR) is 149 cm³/mol. The zero-order chi connectivity index (χ0) is 26.4. The lowest BCUT2D eigenvalue weighted by atomic mass is 10.0. The number of anilines is 1. The van der Waals surface area contributed by atoms with Crippen LogP contribution in [0, 0.1) is 12.8 Å². The summed E-state index contributed by atoms with van der Waals surface area (Å²) < 4.78 is 1.95. The van der Waals surface area contributed by atoms with Crippen LogP contribution in [0.25, 0.3) is 11.3 Å². The van der Waals surface area contributed by atoms with Crippen molar-refractivity contribution in [2.45, 2.75) is 45.4 Å². The monoisotopic (exact) mass is 534 g/mol. The summed E-state index contributed by atoms with van der Waals surface area (Å²) in [5.74, 6) is 0.607. The van der Waals surface area contributed by atoms with E-state index in [0.717, 1.165) is 11.3 Å². The van der Waals surface area contributed by atoms with E-state index in [2.05, 4.69) is 25.8 Å². The van der Waals surface area contributed by atoms with E-state index in [0.29, 0.717) is 28.2 Å². The molecular formula is C27H30N6O2S2. The van der Waals surface area contributed by atoms with E-state index in [-0.39, 0.29) is 29.5 Å². The van der Waals surface area contributed by atoms with Crippen molar-refractivity contribution in [3.05, 3.63) is 76.9 Å². The third-order valence-electron chi connectivity index (χ3n) is 5.76. The number of carbonyl (C=O) groups is 2. The molecule has 0 spiro atoms. The highest BCUT2D eigenvalue weighted by Crippen LogP contribution is 2.27. The minimum atomic E-state index is -0.321. The highest BCUT2D eigenvalue weighted by Gasteiger charge is 2.26. The first-order valence-corrected chi connectivity index (χ1v) is 14.0. The van der Waals surface area contributed by atoms with Crippen LogP contribution >= 0.6 is 23.1 Å². The molecule has 2 N–H and O–H groups in total. The molecule has 2 amide bonds. The molecule has 4 rings (SSSR count). The van der Waals surface area contributed by atoms with Gasteiger partial charge in [0.1, 0.15) is 0 Å². The Bertz CT molecular complexity index is 1350. The van der Waals surface area contributed by atoms with Crippen LogP contribution in [0.2, 0.25) is 0 Å². The number of rotatable bonds is 10. The molecule has 0 saturated heterocycles. The zero-order valence-electron chi connectivity index (χ0n) is 21.3. The lowest BCUT2D eigenvalue weighted by molar-refractivity contribution is -0.113. The second-order valence-corrected chi connectivity index (χ2v) is 10.7. The van der Waals surface area contributed by atoms with Crippen LogP contribution in [0.5, 0.6) is 0 Å². The fourth-order valence-electron chi connectivity index (χ4n) is 3.75. The highest BCUT2D eigenvalue weighted by molar-refractivity contribution is 7.99. The Hall–Kier alpha value is -3.50. The standard InChI is InChI=1S/C27H30N6O2S2/c1-5-33-24(23(17(2)3)30-25(35)20-9-7-6-8-10-20)31-32-27(33)37-16-22(34)29-26-28-21(15-36-26)19-13-11-18(4)12-14-19/h6-15,17,23H,5,16H2,1-4H3,(H,30,35)(H,28,29,34)/t23-/m0/s1. The van der Waals surface area contributed by atoms with Gasteiger partial charge in [-0.2, -0.15) is 0 Å². The van der Waals surface area contributed by atoms with E-state index >= 15 is 0 Å². The highest BCUT2D eigenvalue weighted by atomic mass is 32.2. The molecule has 2 heterocycles. The SMILES string of the molecule is CCn1c(SCC(=O)Nc2nc(-c3ccc(C)cc3)cs2)nnc1[C@@H](NC(=O)c1ccccc1)C(C)C. The van der Waals surface area contributed by atoms with Gasteiger partial charge in [-0.15, -0.1) is 21.5 Å². The van der Waals surface area contributed by atoms with E-state index < -0.39 is 0 Å². The maximum Gasteiger partial charge on any atom is 0.251 e. The summed E-state index contributed by atoms with van der Waals surface area (Å²) >= 11 is 2.71. The largest absolute Gasteiger partial charge is 0.342 e. The van der Waals surface area contributed by atoms with Crippen molar-refractivity contribution < 1.29 is 9.59 Å². The summed E-state index contributed by atoms with van der Waals surface area (Å²) in [5.41, 5.74) is 3.63. The Morgan fingerprint density at radius 2 is 1.78 bits per heavy atom. The summed E-state index contributed by atoms with van der Waals surface area (Å²) in [4.78, 5) is 30.0. The number of thiazole rings is 1. The molecule has 10 heteroatoms. The second kappa shape index (κ2) is 12.2. The lowest BCUT2D eigenvalue weighted by Crippen LogP contribution is -2.33. The van der Waals surface area contributed by atoms with Gasteiger partial charge in [0.2, 0.25) is 5.91 Å². The first-order valence-electron chi connectivity index (χ1n) is 12.1. The molecule has 0 aliphatic rings. The quantitative estimate of drug-likeness (QED) is 0.257. The lowest BCUT2D eigenvalue weighted by Gasteiger charge is -2.22. The molecule has 37 heavy (non-hydrogen) atoms. The number of aryl methyl sites for hydroxylation is 1. The number of carbonyl (C=O) groups excluding carboxylic acids is 2. The normalized spacial score (nSPS) is 11.9. The average Bonchev–Trinajstić information content (AvgIpc) is 3.53. The molecule has 0 unspecified atom stereocenters. The van der Waals surface area contributed by atoms with Crippen LogP contribution in [-0.2, 0) is 11.3 Å². The first-order chi connectivity index (χ1) is 17.9. The van der Waals surface area contributed by atoms with Crippen LogP contribution in [0.1, 0.15) is 48.6 Å². The number of nitrogens with one attached hydrogen (secondary N) is 2. The smallest absolute Gasteiger partial charge is 0.251 e. The van der Waals surface area contributed by atoms with Gasteiger partial charge in [-0.25, -0.2) is 4.98 Å². The number of benzene rings is 2. The van der Waals surface area contributed by atoms with Gasteiger partial charge >= 0.3 is 0 Å². The molecule has 0 aliphatic heterocycles. The maximum absolute atomic E-state index is 12.8. The minimum Gasteiger partial charge on any atom is -0.342 e. The van der Waals surface area contributed by atoms with Gasteiger partial charge in [0.05, 0.1) is 17.5 Å². The van der Waals surface area contributed by atoms with Gasteiger partial charge in [-0.05, 0) is 31.9 Å². The Morgan fingerprint density at radius 3 is 2.46 bits per heavy atom. The summed E-state index contributed by atoms with van der Waals surface area (Å²) in [6, 6.07) is 16.9. The molecule has 0 saturated carbocycles. The van der Waals surface area contributed by atoms with Crippen LogP contribution in [0.3, 0.4) is 0 Å². The van der Waals surface area contributed by atoms with Crippen molar-refractivity contribution in [1.82, 2.24) is 25.1 Å². The van der Waals surface area contributed by atoms with E-state index in [1.807, 2.05) is 80.1 Å². The van der Waals surface area contributed by atoms with E-state index in [1.54, 1.807) is 12.1 Å². The molecule has 8 nitrogen and oxygen atoms in total. The Balaban J connectivity index is 1.40.